The van der Waals surface area contributed by atoms with Crippen LogP contribution in [-0.2, 0) is 0 Å². The topological polar surface area (TPSA) is 0 Å². The molecule has 0 unspecified atom stereocenters. The lowest BCUT2D eigenvalue weighted by Crippen LogP contribution is -2.00. The van der Waals surface area contributed by atoms with Crippen LogP contribution in [0, 0.1) is 17.8 Å². The van der Waals surface area contributed by atoms with Crippen LogP contribution in [0.2, 0.25) is 0 Å². The van der Waals surface area contributed by atoms with E-state index in [1.807, 2.05) is 0 Å². The highest BCUT2D eigenvalue weighted by Crippen LogP contribution is 2.22. The molecule has 0 nitrogen and oxygen atoms in total. The first-order valence-electron chi connectivity index (χ1n) is 9.17. The minimum atomic E-state index is 0.874. The zero-order chi connectivity index (χ0) is 16.1. The fraction of sp³-hybridized carbons (Fsp3) is 0.900. The zero-order valence-corrected chi connectivity index (χ0v) is 16.8. The van der Waals surface area contributed by atoms with Crippen molar-refractivity contribution in [2.45, 2.75) is 92.4 Å². The molecule has 0 saturated carbocycles. The van der Waals surface area contributed by atoms with Gasteiger partial charge in [0, 0.05) is 5.33 Å². The molecule has 21 heavy (non-hydrogen) atoms. The first kappa shape index (κ1) is 21.2. The fourth-order valence-electron chi connectivity index (χ4n) is 2.94. The number of hydrogen-bond donors (Lipinski definition) is 0. The van der Waals surface area contributed by atoms with Gasteiger partial charge in [0.05, 0.1) is 0 Å². The lowest BCUT2D eigenvalue weighted by Gasteiger charge is -2.15. The molecule has 0 heterocycles. The Bertz CT molecular complexity index is 255. The van der Waals surface area contributed by atoms with Gasteiger partial charge in [-0.15, -0.1) is 0 Å². The maximum atomic E-state index is 3.47. The summed E-state index contributed by atoms with van der Waals surface area (Å²) in [4.78, 5) is 0. The third kappa shape index (κ3) is 14.9. The Labute approximate surface area is 143 Å². The second-order valence-electron chi connectivity index (χ2n) is 7.56. The van der Waals surface area contributed by atoms with Gasteiger partial charge in [-0.05, 0) is 37.5 Å². The van der Waals surface area contributed by atoms with Crippen LogP contribution in [0.4, 0.5) is 0 Å². The van der Waals surface area contributed by atoms with E-state index in [1.165, 1.54) is 63.4 Å². The van der Waals surface area contributed by atoms with Crippen LogP contribution < -0.4 is 0 Å². The van der Waals surface area contributed by atoms with Crippen molar-refractivity contribution in [3.8, 4) is 0 Å². The van der Waals surface area contributed by atoms with E-state index < -0.39 is 0 Å². The maximum Gasteiger partial charge on any atom is 0.0214 e. The van der Waals surface area contributed by atoms with Crippen molar-refractivity contribution < 1.29 is 0 Å². The van der Waals surface area contributed by atoms with Gasteiger partial charge in [0.1, 0.15) is 0 Å². The van der Waals surface area contributed by atoms with Crippen LogP contribution in [-0.4, -0.2) is 5.33 Å². The normalized spacial score (nSPS) is 15.5. The largest absolute Gasteiger partial charge is 0.0883 e. The van der Waals surface area contributed by atoms with Crippen molar-refractivity contribution in [2.75, 3.05) is 5.33 Å². The predicted molar refractivity (Wildman–Crippen MR) is 102 cm³/mol. The van der Waals surface area contributed by atoms with Crippen LogP contribution in [0.25, 0.3) is 0 Å². The van der Waals surface area contributed by atoms with E-state index in [0.717, 1.165) is 23.1 Å². The Kier molecular flexibility index (Phi) is 14.0. The average molecular weight is 359 g/mol. The van der Waals surface area contributed by atoms with Crippen LogP contribution >= 0.6 is 15.9 Å². The summed E-state index contributed by atoms with van der Waals surface area (Å²) in [7, 11) is 0. The number of hydrogen-bond acceptors (Lipinski definition) is 0. The fourth-order valence-corrected chi connectivity index (χ4v) is 3.49. The van der Waals surface area contributed by atoms with Crippen molar-refractivity contribution in [3.63, 3.8) is 0 Å². The molecule has 0 saturated heterocycles. The molecule has 0 spiro atoms. The highest BCUT2D eigenvalue weighted by molar-refractivity contribution is 9.09. The first-order chi connectivity index (χ1) is 9.95. The molecule has 0 fully saturated rings. The SMILES string of the molecule is CC(=CCBr)CCC[C@H](C)CCC[C@H](C)CCCC(C)C. The molecule has 0 aromatic rings. The molecule has 1 heteroatoms. The predicted octanol–water partition coefficient (Wildman–Crippen LogP) is 7.77. The molecular weight excluding hydrogens is 320 g/mol. The van der Waals surface area contributed by atoms with Crippen LogP contribution in [0.5, 0.6) is 0 Å². The zero-order valence-electron chi connectivity index (χ0n) is 15.3. The Morgan fingerprint density at radius 2 is 1.29 bits per heavy atom. The molecule has 0 aliphatic carbocycles. The van der Waals surface area contributed by atoms with E-state index in [0.29, 0.717) is 0 Å². The Hall–Kier alpha value is 0.220. The van der Waals surface area contributed by atoms with Gasteiger partial charge in [-0.25, -0.2) is 0 Å². The highest BCUT2D eigenvalue weighted by Gasteiger charge is 2.06. The molecule has 0 aromatic heterocycles. The van der Waals surface area contributed by atoms with Crippen molar-refractivity contribution in [1.82, 2.24) is 0 Å². The van der Waals surface area contributed by atoms with Gasteiger partial charge < -0.3 is 0 Å². The molecule has 0 bridgehead atoms. The number of alkyl halides is 1. The molecule has 0 amide bonds. The van der Waals surface area contributed by atoms with Gasteiger partial charge in [-0.3, -0.25) is 0 Å². The molecule has 0 aliphatic rings. The summed E-state index contributed by atoms with van der Waals surface area (Å²) < 4.78 is 0. The van der Waals surface area contributed by atoms with Crippen LogP contribution in [0.3, 0.4) is 0 Å². The summed E-state index contributed by atoms with van der Waals surface area (Å²) in [5.41, 5.74) is 1.54. The third-order valence-corrected chi connectivity index (χ3v) is 4.89. The van der Waals surface area contributed by atoms with E-state index in [9.17, 15) is 0 Å². The quantitative estimate of drug-likeness (QED) is 0.233. The van der Waals surface area contributed by atoms with Gasteiger partial charge in [0.2, 0.25) is 0 Å². The molecular formula is C20H39Br. The van der Waals surface area contributed by atoms with Crippen molar-refractivity contribution >= 4 is 15.9 Å². The molecule has 2 atom stereocenters. The number of halogens is 1. The van der Waals surface area contributed by atoms with Gasteiger partial charge in [-0.1, -0.05) is 100 Å². The smallest absolute Gasteiger partial charge is 0.0214 e. The molecule has 0 radical (unpaired) electrons. The Morgan fingerprint density at radius 1 is 0.810 bits per heavy atom. The minimum absolute atomic E-state index is 0.874. The standard InChI is InChI=1S/C20H39Br/c1-17(2)9-6-10-18(3)11-7-12-19(4)13-8-14-20(5)15-16-21/h15,17-19H,6-14,16H2,1-5H3/t18-,19-/m1/s1. The van der Waals surface area contributed by atoms with Crippen LogP contribution in [0.1, 0.15) is 92.4 Å². The summed E-state index contributed by atoms with van der Waals surface area (Å²) >= 11 is 3.47. The second-order valence-corrected chi connectivity index (χ2v) is 8.21. The van der Waals surface area contributed by atoms with Crippen molar-refractivity contribution in [1.29, 1.82) is 0 Å². The molecule has 0 N–H and O–H groups in total. The summed E-state index contributed by atoms with van der Waals surface area (Å²) in [6.45, 7) is 11.8. The molecule has 0 rings (SSSR count). The molecule has 126 valence electrons. The minimum Gasteiger partial charge on any atom is -0.0883 e. The van der Waals surface area contributed by atoms with Crippen LogP contribution in [0.15, 0.2) is 11.6 Å². The molecule has 0 aromatic carbocycles. The van der Waals surface area contributed by atoms with E-state index >= 15 is 0 Å². The monoisotopic (exact) mass is 358 g/mol. The summed E-state index contributed by atoms with van der Waals surface area (Å²) in [5.74, 6) is 2.71. The summed E-state index contributed by atoms with van der Waals surface area (Å²) in [6, 6.07) is 0. The lowest BCUT2D eigenvalue weighted by atomic mass is 9.91. The van der Waals surface area contributed by atoms with Gasteiger partial charge in [0.25, 0.3) is 0 Å². The number of allylic oxidation sites excluding steroid dienone is 2. The van der Waals surface area contributed by atoms with Gasteiger partial charge in [-0.2, -0.15) is 0 Å². The summed E-state index contributed by atoms with van der Waals surface area (Å²) in [6.07, 6.45) is 14.9. The maximum absolute atomic E-state index is 3.47. The lowest BCUT2D eigenvalue weighted by molar-refractivity contribution is 0.389. The van der Waals surface area contributed by atoms with Crippen molar-refractivity contribution in [3.05, 3.63) is 11.6 Å². The van der Waals surface area contributed by atoms with E-state index in [-0.39, 0.29) is 0 Å². The van der Waals surface area contributed by atoms with E-state index in [2.05, 4.69) is 56.6 Å². The Morgan fingerprint density at radius 3 is 1.76 bits per heavy atom. The van der Waals surface area contributed by atoms with Gasteiger partial charge >= 0.3 is 0 Å². The summed E-state index contributed by atoms with van der Waals surface area (Å²) in [5, 5.41) is 1.00. The highest BCUT2D eigenvalue weighted by atomic mass is 79.9. The first-order valence-corrected chi connectivity index (χ1v) is 10.3. The Balaban J connectivity index is 3.52. The van der Waals surface area contributed by atoms with Crippen molar-refractivity contribution in [2.24, 2.45) is 17.8 Å². The van der Waals surface area contributed by atoms with E-state index in [1.54, 1.807) is 0 Å². The third-order valence-electron chi connectivity index (χ3n) is 4.57. The number of rotatable bonds is 13. The molecule has 0 aliphatic heterocycles. The average Bonchev–Trinajstić information content (AvgIpc) is 2.38. The second kappa shape index (κ2) is 13.9. The van der Waals surface area contributed by atoms with E-state index in [4.69, 9.17) is 0 Å². The van der Waals surface area contributed by atoms with Gasteiger partial charge in [0.15, 0.2) is 0 Å².